The van der Waals surface area contributed by atoms with Crippen molar-refractivity contribution in [3.05, 3.63) is 28.5 Å². The zero-order valence-electron chi connectivity index (χ0n) is 11.4. The number of hydrogen-bond donors (Lipinski definition) is 3. The van der Waals surface area contributed by atoms with Crippen molar-refractivity contribution in [2.24, 2.45) is 0 Å². The second-order valence-corrected chi connectivity index (χ2v) is 5.62. The summed E-state index contributed by atoms with van der Waals surface area (Å²) in [6.45, 7) is 1.94. The Morgan fingerprint density at radius 2 is 2.20 bits per heavy atom. The van der Waals surface area contributed by atoms with Crippen LogP contribution in [0.15, 0.2) is 22.7 Å². The van der Waals surface area contributed by atoms with E-state index in [-0.39, 0.29) is 13.2 Å². The number of aliphatic hydroxyl groups is 1. The standard InChI is InChI=1S/C13H18BrFN2O3/c1-13(3-4-18,8-20-2)17-12(19)16-11-6-9(14)5-10(15)7-11/h5-7,18H,3-4,8H2,1-2H3,(H2,16,17,19). The van der Waals surface area contributed by atoms with Gasteiger partial charge in [0.1, 0.15) is 5.82 Å². The number of methoxy groups -OCH3 is 1. The highest BCUT2D eigenvalue weighted by Gasteiger charge is 2.25. The van der Waals surface area contributed by atoms with Crippen molar-refractivity contribution in [2.75, 3.05) is 25.6 Å². The Kier molecular flexibility index (Phi) is 6.38. The normalized spacial score (nSPS) is 13.7. The molecule has 0 aliphatic rings. The topological polar surface area (TPSA) is 70.6 Å². The number of ether oxygens (including phenoxy) is 1. The molecule has 3 N–H and O–H groups in total. The summed E-state index contributed by atoms with van der Waals surface area (Å²) in [5.74, 6) is -0.454. The molecule has 0 bridgehead atoms. The van der Waals surface area contributed by atoms with Gasteiger partial charge in [-0.05, 0) is 31.5 Å². The Morgan fingerprint density at radius 3 is 2.75 bits per heavy atom. The average Bonchev–Trinajstić information content (AvgIpc) is 2.26. The summed E-state index contributed by atoms with van der Waals surface area (Å²) in [7, 11) is 1.51. The first-order valence-electron chi connectivity index (χ1n) is 6.03. The van der Waals surface area contributed by atoms with Gasteiger partial charge in [0.2, 0.25) is 0 Å². The highest BCUT2D eigenvalue weighted by molar-refractivity contribution is 9.10. The summed E-state index contributed by atoms with van der Waals surface area (Å²) >= 11 is 3.15. The molecule has 0 fully saturated rings. The fourth-order valence-electron chi connectivity index (χ4n) is 1.80. The molecule has 2 amide bonds. The number of rotatable bonds is 6. The number of carbonyl (C=O) groups is 1. The lowest BCUT2D eigenvalue weighted by molar-refractivity contribution is 0.104. The Labute approximate surface area is 125 Å². The van der Waals surface area contributed by atoms with E-state index in [1.165, 1.54) is 19.2 Å². The van der Waals surface area contributed by atoms with Crippen molar-refractivity contribution in [3.8, 4) is 0 Å². The van der Waals surface area contributed by atoms with E-state index in [0.717, 1.165) is 0 Å². The van der Waals surface area contributed by atoms with Gasteiger partial charge < -0.3 is 20.5 Å². The molecule has 0 saturated carbocycles. The second-order valence-electron chi connectivity index (χ2n) is 4.70. The van der Waals surface area contributed by atoms with Gasteiger partial charge in [-0.15, -0.1) is 0 Å². The van der Waals surface area contributed by atoms with Crippen LogP contribution in [-0.2, 0) is 4.74 Å². The van der Waals surface area contributed by atoms with Crippen molar-refractivity contribution in [1.82, 2.24) is 5.32 Å². The first-order chi connectivity index (χ1) is 9.38. The Balaban J connectivity index is 2.70. The molecule has 20 heavy (non-hydrogen) atoms. The van der Waals surface area contributed by atoms with Crippen LogP contribution in [-0.4, -0.2) is 37.0 Å². The maximum Gasteiger partial charge on any atom is 0.319 e. The number of halogens is 2. The van der Waals surface area contributed by atoms with Gasteiger partial charge >= 0.3 is 6.03 Å². The molecule has 0 spiro atoms. The van der Waals surface area contributed by atoms with E-state index in [9.17, 15) is 9.18 Å². The lowest BCUT2D eigenvalue weighted by Crippen LogP contribution is -2.51. The number of carbonyl (C=O) groups excluding carboxylic acids is 1. The molecule has 0 saturated heterocycles. The molecule has 1 aromatic rings. The number of aliphatic hydroxyl groups excluding tert-OH is 1. The zero-order valence-corrected chi connectivity index (χ0v) is 13.0. The van der Waals surface area contributed by atoms with Gasteiger partial charge in [-0.1, -0.05) is 15.9 Å². The van der Waals surface area contributed by atoms with Gasteiger partial charge in [0.05, 0.1) is 12.1 Å². The smallest absolute Gasteiger partial charge is 0.319 e. The minimum atomic E-state index is -0.696. The number of hydrogen-bond acceptors (Lipinski definition) is 3. The van der Waals surface area contributed by atoms with Crippen molar-refractivity contribution >= 4 is 27.6 Å². The van der Waals surface area contributed by atoms with Crippen LogP contribution in [0.4, 0.5) is 14.9 Å². The summed E-state index contributed by atoms with van der Waals surface area (Å²) in [5.41, 5.74) is -0.365. The van der Waals surface area contributed by atoms with E-state index >= 15 is 0 Å². The number of amides is 2. The van der Waals surface area contributed by atoms with Gasteiger partial charge in [-0.3, -0.25) is 0 Å². The lowest BCUT2D eigenvalue weighted by Gasteiger charge is -2.29. The summed E-state index contributed by atoms with van der Waals surface area (Å²) in [6.07, 6.45) is 0.348. The van der Waals surface area contributed by atoms with E-state index in [4.69, 9.17) is 9.84 Å². The molecule has 0 radical (unpaired) electrons. The monoisotopic (exact) mass is 348 g/mol. The molecule has 5 nitrogen and oxygen atoms in total. The predicted molar refractivity (Wildman–Crippen MR) is 78.2 cm³/mol. The van der Waals surface area contributed by atoms with E-state index in [0.29, 0.717) is 16.6 Å². The van der Waals surface area contributed by atoms with Gasteiger partial charge in [-0.25, -0.2) is 9.18 Å². The quantitative estimate of drug-likeness (QED) is 0.739. The van der Waals surface area contributed by atoms with Crippen molar-refractivity contribution in [2.45, 2.75) is 18.9 Å². The van der Waals surface area contributed by atoms with Crippen LogP contribution >= 0.6 is 15.9 Å². The minimum absolute atomic E-state index is 0.0777. The third kappa shape index (κ3) is 5.44. The second kappa shape index (κ2) is 7.56. The molecular weight excluding hydrogens is 331 g/mol. The third-order valence-electron chi connectivity index (χ3n) is 2.66. The summed E-state index contributed by atoms with van der Waals surface area (Å²) in [5, 5.41) is 14.3. The van der Waals surface area contributed by atoms with Crippen LogP contribution in [0.25, 0.3) is 0 Å². The van der Waals surface area contributed by atoms with Gasteiger partial charge in [-0.2, -0.15) is 0 Å². The van der Waals surface area contributed by atoms with Crippen molar-refractivity contribution in [1.29, 1.82) is 0 Å². The molecule has 0 heterocycles. The molecule has 112 valence electrons. The zero-order chi connectivity index (χ0) is 15.2. The van der Waals surface area contributed by atoms with Crippen LogP contribution in [0.2, 0.25) is 0 Å². The van der Waals surface area contributed by atoms with E-state index < -0.39 is 17.4 Å². The SMILES string of the molecule is COCC(C)(CCO)NC(=O)Nc1cc(F)cc(Br)c1. The van der Waals surface area contributed by atoms with Crippen molar-refractivity contribution in [3.63, 3.8) is 0 Å². The maximum absolute atomic E-state index is 13.2. The first-order valence-corrected chi connectivity index (χ1v) is 6.83. The number of benzene rings is 1. The van der Waals surface area contributed by atoms with Gasteiger partial charge in [0.15, 0.2) is 0 Å². The molecule has 0 aliphatic carbocycles. The van der Waals surface area contributed by atoms with E-state index in [1.54, 1.807) is 13.0 Å². The highest BCUT2D eigenvalue weighted by atomic mass is 79.9. The number of urea groups is 1. The fourth-order valence-corrected chi connectivity index (χ4v) is 2.26. The summed E-state index contributed by atoms with van der Waals surface area (Å²) < 4.78 is 18.8. The molecule has 7 heteroatoms. The molecule has 1 rings (SSSR count). The number of nitrogens with one attached hydrogen (secondary N) is 2. The van der Waals surface area contributed by atoms with Crippen LogP contribution in [0, 0.1) is 5.82 Å². The molecule has 0 aromatic heterocycles. The molecule has 1 unspecified atom stereocenters. The van der Waals surface area contributed by atoms with E-state index in [1.807, 2.05) is 0 Å². The Bertz CT molecular complexity index is 445. The number of anilines is 1. The molecule has 1 atom stereocenters. The predicted octanol–water partition coefficient (Wildman–Crippen LogP) is 2.50. The Hall–Kier alpha value is -1.18. The first kappa shape index (κ1) is 16.9. The van der Waals surface area contributed by atoms with E-state index in [2.05, 4.69) is 26.6 Å². The van der Waals surface area contributed by atoms with Crippen LogP contribution in [0.3, 0.4) is 0 Å². The largest absolute Gasteiger partial charge is 0.396 e. The fraction of sp³-hybridized carbons (Fsp3) is 0.462. The highest BCUT2D eigenvalue weighted by Crippen LogP contribution is 2.19. The molecular formula is C13H18BrFN2O3. The van der Waals surface area contributed by atoms with Crippen LogP contribution < -0.4 is 10.6 Å². The van der Waals surface area contributed by atoms with Crippen LogP contribution in [0.5, 0.6) is 0 Å². The van der Waals surface area contributed by atoms with Gasteiger partial charge in [0.25, 0.3) is 0 Å². The molecule has 0 aliphatic heterocycles. The lowest BCUT2D eigenvalue weighted by atomic mass is 10.00. The minimum Gasteiger partial charge on any atom is -0.396 e. The summed E-state index contributed by atoms with van der Waals surface area (Å²) in [6, 6.07) is 3.60. The average molecular weight is 349 g/mol. The van der Waals surface area contributed by atoms with Crippen molar-refractivity contribution < 1.29 is 19.0 Å². The molecule has 1 aromatic carbocycles. The Morgan fingerprint density at radius 1 is 1.50 bits per heavy atom. The third-order valence-corrected chi connectivity index (χ3v) is 3.12. The maximum atomic E-state index is 13.2. The van der Waals surface area contributed by atoms with Crippen LogP contribution in [0.1, 0.15) is 13.3 Å². The summed E-state index contributed by atoms with van der Waals surface area (Å²) in [4.78, 5) is 11.9. The van der Waals surface area contributed by atoms with Gasteiger partial charge in [0, 0.05) is 23.9 Å².